The van der Waals surface area contributed by atoms with Gasteiger partial charge in [0, 0.05) is 13.6 Å². The minimum Gasteiger partial charge on any atom is -0.479 e. The van der Waals surface area contributed by atoms with Crippen molar-refractivity contribution in [1.29, 1.82) is 0 Å². The molecule has 0 aromatic heterocycles. The van der Waals surface area contributed by atoms with Crippen molar-refractivity contribution in [2.45, 2.75) is 12.5 Å². The number of hydrogen-bond acceptors (Lipinski definition) is 3. The highest BCUT2D eigenvalue weighted by Crippen LogP contribution is 2.13. The van der Waals surface area contributed by atoms with Crippen LogP contribution in [0.5, 0.6) is 0 Å². The molecule has 2 amide bonds. The second-order valence-corrected chi connectivity index (χ2v) is 5.21. The number of carboxylic acids is 1. The molecule has 0 aliphatic carbocycles. The molecule has 1 atom stereocenters. The van der Waals surface area contributed by atoms with Gasteiger partial charge in [0.05, 0.1) is 0 Å². The number of carbonyl (C=O) groups is 2. The molecule has 0 unspecified atom stereocenters. The van der Waals surface area contributed by atoms with Gasteiger partial charge in [-0.05, 0) is 32.6 Å². The summed E-state index contributed by atoms with van der Waals surface area (Å²) in [6.45, 7) is 1.45. The lowest BCUT2D eigenvalue weighted by atomic mass is 10.1. The number of nitrogens with zero attached hydrogens (tertiary/aromatic N) is 2. The van der Waals surface area contributed by atoms with Gasteiger partial charge in [-0.3, -0.25) is 0 Å². The molecule has 0 aliphatic heterocycles. The number of carbonyl (C=O) groups excluding carboxylic acids is 1. The summed E-state index contributed by atoms with van der Waals surface area (Å²) < 4.78 is 0. The first kappa shape index (κ1) is 17.0. The fraction of sp³-hybridized carbons (Fsp3) is 0.467. The van der Waals surface area contributed by atoms with Crippen molar-refractivity contribution < 1.29 is 14.7 Å². The first-order chi connectivity index (χ1) is 9.91. The molecule has 0 bridgehead atoms. The molecule has 1 aromatic carbocycles. The molecule has 0 aliphatic rings. The number of carboxylic acid groups (broad SMARTS) is 1. The predicted octanol–water partition coefficient (Wildman–Crippen LogP) is 1.41. The number of amides is 2. The molecular weight excluding hydrogens is 270 g/mol. The fourth-order valence-electron chi connectivity index (χ4n) is 1.89. The monoisotopic (exact) mass is 293 g/mol. The Labute approximate surface area is 125 Å². The van der Waals surface area contributed by atoms with Crippen molar-refractivity contribution in [2.75, 3.05) is 34.2 Å². The Hall–Kier alpha value is -2.08. The molecule has 0 radical (unpaired) electrons. The third kappa shape index (κ3) is 5.83. The van der Waals surface area contributed by atoms with Gasteiger partial charge in [0.25, 0.3) is 0 Å². The summed E-state index contributed by atoms with van der Waals surface area (Å²) in [6.07, 6.45) is 0.833. The maximum atomic E-state index is 12.0. The molecule has 2 N–H and O–H groups in total. The van der Waals surface area contributed by atoms with Crippen molar-refractivity contribution >= 4 is 12.0 Å². The second-order valence-electron chi connectivity index (χ2n) is 5.21. The maximum absolute atomic E-state index is 12.0. The Bertz CT molecular complexity index is 462. The van der Waals surface area contributed by atoms with Crippen LogP contribution in [0.3, 0.4) is 0 Å². The Morgan fingerprint density at radius 3 is 2.29 bits per heavy atom. The van der Waals surface area contributed by atoms with Crippen LogP contribution in [0.25, 0.3) is 0 Å². The first-order valence-corrected chi connectivity index (χ1v) is 6.86. The van der Waals surface area contributed by atoms with Crippen LogP contribution in [0.15, 0.2) is 30.3 Å². The van der Waals surface area contributed by atoms with E-state index in [9.17, 15) is 14.7 Å². The molecular formula is C15H23N3O3. The third-order valence-corrected chi connectivity index (χ3v) is 3.09. The highest BCUT2D eigenvalue weighted by Gasteiger charge is 2.23. The van der Waals surface area contributed by atoms with E-state index in [4.69, 9.17) is 0 Å². The van der Waals surface area contributed by atoms with E-state index in [1.165, 1.54) is 4.90 Å². The molecule has 0 fully saturated rings. The van der Waals surface area contributed by atoms with Crippen molar-refractivity contribution in [3.8, 4) is 0 Å². The molecule has 1 rings (SSSR count). The van der Waals surface area contributed by atoms with Crippen LogP contribution in [-0.2, 0) is 4.79 Å². The summed E-state index contributed by atoms with van der Waals surface area (Å²) in [5.41, 5.74) is 0.556. The summed E-state index contributed by atoms with van der Waals surface area (Å²) in [5, 5.41) is 11.8. The van der Waals surface area contributed by atoms with E-state index in [1.807, 2.05) is 19.0 Å². The Kier molecular flexibility index (Phi) is 6.68. The highest BCUT2D eigenvalue weighted by atomic mass is 16.4. The number of benzene rings is 1. The second kappa shape index (κ2) is 8.26. The summed E-state index contributed by atoms with van der Waals surface area (Å²) in [6, 6.07) is 7.25. The van der Waals surface area contributed by atoms with E-state index in [-0.39, 0.29) is 6.03 Å². The average Bonchev–Trinajstić information content (AvgIpc) is 2.44. The quantitative estimate of drug-likeness (QED) is 0.797. The van der Waals surface area contributed by atoms with Crippen LogP contribution in [0, 0.1) is 0 Å². The van der Waals surface area contributed by atoms with E-state index >= 15 is 0 Å². The van der Waals surface area contributed by atoms with Crippen molar-refractivity contribution in [1.82, 2.24) is 15.1 Å². The topological polar surface area (TPSA) is 72.9 Å². The van der Waals surface area contributed by atoms with Crippen molar-refractivity contribution in [3.05, 3.63) is 35.9 Å². The smallest absolute Gasteiger partial charge is 0.330 e. The molecule has 6 nitrogen and oxygen atoms in total. The van der Waals surface area contributed by atoms with E-state index < -0.39 is 12.0 Å². The zero-order valence-corrected chi connectivity index (χ0v) is 12.7. The highest BCUT2D eigenvalue weighted by molar-refractivity contribution is 5.83. The maximum Gasteiger partial charge on any atom is 0.330 e. The summed E-state index contributed by atoms with van der Waals surface area (Å²) in [7, 11) is 5.60. The first-order valence-electron chi connectivity index (χ1n) is 6.86. The van der Waals surface area contributed by atoms with Gasteiger partial charge < -0.3 is 20.2 Å². The lowest BCUT2D eigenvalue weighted by molar-refractivity contribution is -0.139. The van der Waals surface area contributed by atoms with Gasteiger partial charge in [-0.25, -0.2) is 9.59 Å². The largest absolute Gasteiger partial charge is 0.479 e. The zero-order valence-electron chi connectivity index (χ0n) is 12.7. The van der Waals surface area contributed by atoms with Crippen LogP contribution >= 0.6 is 0 Å². The molecule has 21 heavy (non-hydrogen) atoms. The van der Waals surface area contributed by atoms with Crippen LogP contribution in [-0.4, -0.2) is 61.1 Å². The zero-order chi connectivity index (χ0) is 15.8. The number of urea groups is 1. The van der Waals surface area contributed by atoms with Crippen LogP contribution in [0.2, 0.25) is 0 Å². The summed E-state index contributed by atoms with van der Waals surface area (Å²) in [5.74, 6) is -1.07. The van der Waals surface area contributed by atoms with Gasteiger partial charge in [-0.2, -0.15) is 0 Å². The van der Waals surface area contributed by atoms with Crippen LogP contribution < -0.4 is 5.32 Å². The van der Waals surface area contributed by atoms with Gasteiger partial charge in [0.2, 0.25) is 0 Å². The Morgan fingerprint density at radius 2 is 1.76 bits per heavy atom. The summed E-state index contributed by atoms with van der Waals surface area (Å²) in [4.78, 5) is 26.9. The van der Waals surface area contributed by atoms with Gasteiger partial charge in [0.1, 0.15) is 0 Å². The molecule has 0 heterocycles. The predicted molar refractivity (Wildman–Crippen MR) is 81.2 cm³/mol. The van der Waals surface area contributed by atoms with Gasteiger partial charge in [-0.1, -0.05) is 30.3 Å². The van der Waals surface area contributed by atoms with Crippen molar-refractivity contribution in [3.63, 3.8) is 0 Å². The van der Waals surface area contributed by atoms with Gasteiger partial charge >= 0.3 is 12.0 Å². The molecule has 116 valence electrons. The third-order valence-electron chi connectivity index (χ3n) is 3.09. The molecule has 6 heteroatoms. The number of aliphatic carboxylic acids is 1. The van der Waals surface area contributed by atoms with E-state index in [1.54, 1.807) is 37.4 Å². The molecule has 1 aromatic rings. The standard InChI is InChI=1S/C15H23N3O3/c1-17(2)10-7-11-18(3)15(21)16-13(14(19)20)12-8-5-4-6-9-12/h4-6,8-9,13H,7,10-11H2,1-3H3,(H,16,21)(H,19,20)/t13-/m0/s1. The normalized spacial score (nSPS) is 12.0. The van der Waals surface area contributed by atoms with Crippen LogP contribution in [0.1, 0.15) is 18.0 Å². The van der Waals surface area contributed by atoms with Crippen molar-refractivity contribution in [2.24, 2.45) is 0 Å². The van der Waals surface area contributed by atoms with Gasteiger partial charge in [-0.15, -0.1) is 0 Å². The summed E-state index contributed by atoms with van der Waals surface area (Å²) >= 11 is 0. The molecule has 0 saturated heterocycles. The number of nitrogens with one attached hydrogen (secondary N) is 1. The Balaban J connectivity index is 2.59. The van der Waals surface area contributed by atoms with Crippen LogP contribution in [0.4, 0.5) is 4.79 Å². The number of hydrogen-bond donors (Lipinski definition) is 2. The van der Waals surface area contributed by atoms with E-state index in [0.29, 0.717) is 12.1 Å². The SMILES string of the molecule is CN(C)CCCN(C)C(=O)N[C@H](C(=O)O)c1ccccc1. The lowest BCUT2D eigenvalue weighted by Gasteiger charge is -2.22. The van der Waals surface area contributed by atoms with E-state index in [0.717, 1.165) is 13.0 Å². The average molecular weight is 293 g/mol. The Morgan fingerprint density at radius 1 is 1.14 bits per heavy atom. The van der Waals surface area contributed by atoms with Gasteiger partial charge in [0.15, 0.2) is 6.04 Å². The molecule has 0 saturated carbocycles. The molecule has 0 spiro atoms. The minimum absolute atomic E-state index is 0.384. The minimum atomic E-state index is -1.07. The van der Waals surface area contributed by atoms with E-state index in [2.05, 4.69) is 5.32 Å². The lowest BCUT2D eigenvalue weighted by Crippen LogP contribution is -2.42. The fourth-order valence-corrected chi connectivity index (χ4v) is 1.89. The number of rotatable bonds is 7.